The zero-order chi connectivity index (χ0) is 15.5. The molecular weight excluding hydrogens is 266 g/mol. The summed E-state index contributed by atoms with van der Waals surface area (Å²) in [5.74, 6) is 1.47. The van der Waals surface area contributed by atoms with Crippen LogP contribution in [0.25, 0.3) is 0 Å². The molecule has 0 saturated heterocycles. The molecule has 0 bridgehead atoms. The van der Waals surface area contributed by atoms with Crippen LogP contribution >= 0.6 is 0 Å². The predicted octanol–water partition coefficient (Wildman–Crippen LogP) is 2.29. The van der Waals surface area contributed by atoms with Gasteiger partial charge in [0.25, 0.3) is 0 Å². The fraction of sp³-hybridized carbons (Fsp3) is 0.294. The third kappa shape index (κ3) is 2.86. The Labute approximate surface area is 125 Å². The summed E-state index contributed by atoms with van der Waals surface area (Å²) >= 11 is 0. The SMILES string of the molecule is COc1ccc(C(O)(c2ccc(OC)cc2)[C@@H](C)N)cc1. The maximum Gasteiger partial charge on any atom is 0.129 e. The molecule has 0 aromatic heterocycles. The van der Waals surface area contributed by atoms with Crippen LogP contribution in [0.15, 0.2) is 48.5 Å². The molecule has 1 atom stereocenters. The molecule has 2 rings (SSSR count). The largest absolute Gasteiger partial charge is 0.497 e. The number of rotatable bonds is 5. The van der Waals surface area contributed by atoms with Crippen molar-refractivity contribution in [3.8, 4) is 11.5 Å². The Hall–Kier alpha value is -2.04. The van der Waals surface area contributed by atoms with Crippen LogP contribution in [0.4, 0.5) is 0 Å². The highest BCUT2D eigenvalue weighted by Gasteiger charge is 2.35. The van der Waals surface area contributed by atoms with E-state index in [9.17, 15) is 5.11 Å². The molecule has 0 unspecified atom stereocenters. The molecule has 0 fully saturated rings. The molecule has 0 radical (unpaired) electrons. The first-order chi connectivity index (χ1) is 10.0. The van der Waals surface area contributed by atoms with Crippen molar-refractivity contribution in [1.82, 2.24) is 0 Å². The molecule has 0 amide bonds. The molecule has 0 heterocycles. The van der Waals surface area contributed by atoms with Crippen LogP contribution < -0.4 is 15.2 Å². The van der Waals surface area contributed by atoms with Crippen molar-refractivity contribution in [2.75, 3.05) is 14.2 Å². The lowest BCUT2D eigenvalue weighted by atomic mass is 9.81. The standard InChI is InChI=1S/C17H21NO3/c1-12(18)17(19,13-4-8-15(20-2)9-5-13)14-6-10-16(21-3)11-7-14/h4-12,19H,18H2,1-3H3/t12-/m1/s1. The summed E-state index contributed by atoms with van der Waals surface area (Å²) in [4.78, 5) is 0. The zero-order valence-electron chi connectivity index (χ0n) is 12.5. The van der Waals surface area contributed by atoms with Crippen LogP contribution in [0.2, 0.25) is 0 Å². The number of methoxy groups -OCH3 is 2. The lowest BCUT2D eigenvalue weighted by Crippen LogP contribution is -2.44. The van der Waals surface area contributed by atoms with Gasteiger partial charge in [-0.3, -0.25) is 0 Å². The minimum atomic E-state index is -1.27. The maximum atomic E-state index is 11.2. The van der Waals surface area contributed by atoms with E-state index in [1.54, 1.807) is 21.1 Å². The molecule has 0 aliphatic rings. The van der Waals surface area contributed by atoms with Gasteiger partial charge in [0.1, 0.15) is 17.1 Å². The summed E-state index contributed by atoms with van der Waals surface area (Å²) < 4.78 is 10.3. The van der Waals surface area contributed by atoms with Gasteiger partial charge in [0.2, 0.25) is 0 Å². The second-order valence-electron chi connectivity index (χ2n) is 5.01. The van der Waals surface area contributed by atoms with Crippen molar-refractivity contribution in [2.45, 2.75) is 18.6 Å². The van der Waals surface area contributed by atoms with Crippen molar-refractivity contribution < 1.29 is 14.6 Å². The van der Waals surface area contributed by atoms with Crippen LogP contribution in [0.3, 0.4) is 0 Å². The third-order valence-corrected chi connectivity index (χ3v) is 3.72. The summed E-state index contributed by atoms with van der Waals surface area (Å²) in [5, 5.41) is 11.2. The molecule has 0 spiro atoms. The first-order valence-electron chi connectivity index (χ1n) is 6.79. The molecule has 21 heavy (non-hydrogen) atoms. The Morgan fingerprint density at radius 2 is 1.19 bits per heavy atom. The summed E-state index contributed by atoms with van der Waals surface area (Å²) in [7, 11) is 3.21. The number of nitrogens with two attached hydrogens (primary N) is 1. The number of benzene rings is 2. The number of aliphatic hydroxyl groups is 1. The number of hydrogen-bond donors (Lipinski definition) is 2. The minimum Gasteiger partial charge on any atom is -0.497 e. The van der Waals surface area contributed by atoms with Gasteiger partial charge in [-0.25, -0.2) is 0 Å². The van der Waals surface area contributed by atoms with E-state index in [1.807, 2.05) is 48.5 Å². The average molecular weight is 287 g/mol. The lowest BCUT2D eigenvalue weighted by molar-refractivity contribution is 0.0578. The highest BCUT2D eigenvalue weighted by Crippen LogP contribution is 2.34. The van der Waals surface area contributed by atoms with Crippen molar-refractivity contribution in [3.63, 3.8) is 0 Å². The van der Waals surface area contributed by atoms with E-state index in [1.165, 1.54) is 0 Å². The van der Waals surface area contributed by atoms with E-state index >= 15 is 0 Å². The van der Waals surface area contributed by atoms with E-state index in [2.05, 4.69) is 0 Å². The molecule has 3 N–H and O–H groups in total. The Bertz CT molecular complexity index is 528. The second-order valence-corrected chi connectivity index (χ2v) is 5.01. The van der Waals surface area contributed by atoms with E-state index in [0.717, 1.165) is 22.6 Å². The third-order valence-electron chi connectivity index (χ3n) is 3.72. The highest BCUT2D eigenvalue weighted by atomic mass is 16.5. The minimum absolute atomic E-state index is 0.473. The van der Waals surface area contributed by atoms with Crippen molar-refractivity contribution in [3.05, 3.63) is 59.7 Å². The molecule has 4 nitrogen and oxygen atoms in total. The maximum absolute atomic E-state index is 11.2. The lowest BCUT2D eigenvalue weighted by Gasteiger charge is -2.33. The van der Waals surface area contributed by atoms with E-state index in [0.29, 0.717) is 0 Å². The van der Waals surface area contributed by atoms with Crippen LogP contribution in [0.5, 0.6) is 11.5 Å². The first-order valence-corrected chi connectivity index (χ1v) is 6.79. The van der Waals surface area contributed by atoms with Gasteiger partial charge in [-0.1, -0.05) is 24.3 Å². The number of hydrogen-bond acceptors (Lipinski definition) is 4. The van der Waals surface area contributed by atoms with Crippen molar-refractivity contribution in [2.24, 2.45) is 5.73 Å². The monoisotopic (exact) mass is 287 g/mol. The Balaban J connectivity index is 2.47. The van der Waals surface area contributed by atoms with Gasteiger partial charge in [0.05, 0.1) is 14.2 Å². The van der Waals surface area contributed by atoms with Gasteiger partial charge < -0.3 is 20.3 Å². The Kier molecular flexibility index (Phi) is 4.50. The normalized spacial score (nSPS) is 12.8. The summed E-state index contributed by atoms with van der Waals surface area (Å²) in [6.45, 7) is 1.79. The highest BCUT2D eigenvalue weighted by molar-refractivity contribution is 5.42. The van der Waals surface area contributed by atoms with Gasteiger partial charge in [-0.2, -0.15) is 0 Å². The molecule has 4 heteroatoms. The fourth-order valence-corrected chi connectivity index (χ4v) is 2.38. The van der Waals surface area contributed by atoms with Crippen molar-refractivity contribution in [1.29, 1.82) is 0 Å². The Morgan fingerprint density at radius 1 is 0.857 bits per heavy atom. The van der Waals surface area contributed by atoms with Crippen LogP contribution in [-0.4, -0.2) is 25.4 Å². The first kappa shape index (κ1) is 15.4. The van der Waals surface area contributed by atoms with E-state index in [-0.39, 0.29) is 0 Å². The van der Waals surface area contributed by atoms with Crippen LogP contribution in [0, 0.1) is 0 Å². The Morgan fingerprint density at radius 3 is 1.43 bits per heavy atom. The fourth-order valence-electron chi connectivity index (χ4n) is 2.38. The molecule has 0 aliphatic carbocycles. The van der Waals surface area contributed by atoms with Crippen LogP contribution in [-0.2, 0) is 5.60 Å². The van der Waals surface area contributed by atoms with E-state index in [4.69, 9.17) is 15.2 Å². The molecule has 0 saturated carbocycles. The van der Waals surface area contributed by atoms with Gasteiger partial charge in [0, 0.05) is 6.04 Å². The number of ether oxygens (including phenoxy) is 2. The topological polar surface area (TPSA) is 64.7 Å². The van der Waals surface area contributed by atoms with Gasteiger partial charge in [0.15, 0.2) is 0 Å². The zero-order valence-corrected chi connectivity index (χ0v) is 12.5. The van der Waals surface area contributed by atoms with Gasteiger partial charge in [-0.15, -0.1) is 0 Å². The molecule has 0 aliphatic heterocycles. The van der Waals surface area contributed by atoms with E-state index < -0.39 is 11.6 Å². The predicted molar refractivity (Wildman–Crippen MR) is 82.6 cm³/mol. The smallest absolute Gasteiger partial charge is 0.129 e. The van der Waals surface area contributed by atoms with Gasteiger partial charge >= 0.3 is 0 Å². The molecule has 2 aromatic rings. The summed E-state index contributed by atoms with van der Waals surface area (Å²) in [6, 6.07) is 14.1. The van der Waals surface area contributed by atoms with Crippen molar-refractivity contribution >= 4 is 0 Å². The molecule has 2 aromatic carbocycles. The summed E-state index contributed by atoms with van der Waals surface area (Å²) in [6.07, 6.45) is 0. The second kappa shape index (κ2) is 6.16. The quantitative estimate of drug-likeness (QED) is 0.885. The van der Waals surface area contributed by atoms with Gasteiger partial charge in [-0.05, 0) is 42.3 Å². The molecule has 112 valence electrons. The average Bonchev–Trinajstić information content (AvgIpc) is 2.54. The van der Waals surface area contributed by atoms with Crippen LogP contribution in [0.1, 0.15) is 18.1 Å². The molecular formula is C17H21NO3. The summed E-state index contributed by atoms with van der Waals surface area (Å²) in [5.41, 5.74) is 6.25.